The van der Waals surface area contributed by atoms with Crippen LogP contribution in [0.3, 0.4) is 0 Å². The van der Waals surface area contributed by atoms with E-state index in [-0.39, 0.29) is 5.82 Å². The predicted molar refractivity (Wildman–Crippen MR) is 61.9 cm³/mol. The molecular weight excluding hydrogens is 191 g/mol. The zero-order valence-corrected chi connectivity index (χ0v) is 8.96. The van der Waals surface area contributed by atoms with E-state index in [1.165, 1.54) is 0 Å². The van der Waals surface area contributed by atoms with Crippen molar-refractivity contribution >= 4 is 6.08 Å². The van der Waals surface area contributed by atoms with Crippen molar-refractivity contribution in [1.29, 1.82) is 0 Å². The molecule has 1 rings (SSSR count). The highest BCUT2D eigenvalue weighted by Crippen LogP contribution is 2.11. The minimum Gasteiger partial charge on any atom is -0.329 e. The molecule has 0 unspecified atom stereocenters. The summed E-state index contributed by atoms with van der Waals surface area (Å²) in [5, 5.41) is 3.06. The van der Waals surface area contributed by atoms with Gasteiger partial charge in [0.25, 0.3) is 0 Å². The van der Waals surface area contributed by atoms with Gasteiger partial charge in [-0.25, -0.2) is 4.39 Å². The normalized spacial score (nSPS) is 11.1. The van der Waals surface area contributed by atoms with Crippen molar-refractivity contribution in [3.8, 4) is 0 Å². The molecule has 15 heavy (non-hydrogen) atoms. The highest BCUT2D eigenvalue weighted by atomic mass is 19.1. The van der Waals surface area contributed by atoms with Gasteiger partial charge >= 0.3 is 0 Å². The molecule has 0 heterocycles. The lowest BCUT2D eigenvalue weighted by molar-refractivity contribution is 0.589. The van der Waals surface area contributed by atoms with E-state index in [9.17, 15) is 4.39 Å². The zero-order chi connectivity index (χ0) is 11.1. The van der Waals surface area contributed by atoms with Gasteiger partial charge in [0, 0.05) is 25.2 Å². The third-order valence-electron chi connectivity index (χ3n) is 2.07. The van der Waals surface area contributed by atoms with Crippen LogP contribution in [0.1, 0.15) is 18.1 Å². The molecule has 0 bridgehead atoms. The van der Waals surface area contributed by atoms with Crippen LogP contribution in [0.25, 0.3) is 6.08 Å². The molecule has 0 aliphatic heterocycles. The highest BCUT2D eigenvalue weighted by Gasteiger charge is 2.01. The minimum atomic E-state index is -0.171. The molecule has 0 saturated heterocycles. The predicted octanol–water partition coefficient (Wildman–Crippen LogP) is 1.91. The number of nitrogens with two attached hydrogens (primary N) is 1. The molecule has 0 aromatic heterocycles. The number of allylic oxidation sites excluding steroid dienone is 1. The van der Waals surface area contributed by atoms with Gasteiger partial charge < -0.3 is 11.1 Å². The van der Waals surface area contributed by atoms with E-state index < -0.39 is 0 Å². The first-order valence-electron chi connectivity index (χ1n) is 5.10. The maximum absolute atomic E-state index is 13.5. The van der Waals surface area contributed by atoms with Crippen molar-refractivity contribution in [2.24, 2.45) is 5.73 Å². The Balaban J connectivity index is 2.66. The van der Waals surface area contributed by atoms with Gasteiger partial charge in [-0.05, 0) is 18.6 Å². The topological polar surface area (TPSA) is 38.0 Å². The number of rotatable bonds is 5. The maximum atomic E-state index is 13.5. The van der Waals surface area contributed by atoms with Gasteiger partial charge in [0.05, 0.1) is 0 Å². The van der Waals surface area contributed by atoms with E-state index in [1.54, 1.807) is 12.1 Å². The van der Waals surface area contributed by atoms with Gasteiger partial charge in [0.2, 0.25) is 0 Å². The molecule has 0 saturated carbocycles. The van der Waals surface area contributed by atoms with Crippen LogP contribution in [0.4, 0.5) is 4.39 Å². The summed E-state index contributed by atoms with van der Waals surface area (Å²) < 4.78 is 13.5. The summed E-state index contributed by atoms with van der Waals surface area (Å²) in [4.78, 5) is 0. The smallest absolute Gasteiger partial charge is 0.128 e. The molecule has 0 radical (unpaired) electrons. The van der Waals surface area contributed by atoms with Gasteiger partial charge in [0.15, 0.2) is 0 Å². The van der Waals surface area contributed by atoms with Crippen LogP contribution >= 0.6 is 0 Å². The standard InChI is InChI=1S/C12H17FN2/c1-2-3-10-4-5-11(12(13)8-10)9-15-7-6-14/h2-5,8,15H,6-7,9,14H2,1H3/b3-2+. The van der Waals surface area contributed by atoms with Crippen LogP contribution in [-0.2, 0) is 6.54 Å². The fourth-order valence-electron chi connectivity index (χ4n) is 1.33. The second-order valence-corrected chi connectivity index (χ2v) is 3.32. The first-order valence-corrected chi connectivity index (χ1v) is 5.10. The van der Waals surface area contributed by atoms with Crippen molar-refractivity contribution in [3.05, 3.63) is 41.2 Å². The van der Waals surface area contributed by atoms with Crippen LogP contribution in [-0.4, -0.2) is 13.1 Å². The fourth-order valence-corrected chi connectivity index (χ4v) is 1.33. The van der Waals surface area contributed by atoms with Crippen LogP contribution in [0.5, 0.6) is 0 Å². The first-order chi connectivity index (χ1) is 7.27. The van der Waals surface area contributed by atoms with E-state index in [1.807, 2.05) is 25.1 Å². The number of nitrogens with one attached hydrogen (secondary N) is 1. The summed E-state index contributed by atoms with van der Waals surface area (Å²) in [6.07, 6.45) is 3.77. The summed E-state index contributed by atoms with van der Waals surface area (Å²) in [7, 11) is 0. The highest BCUT2D eigenvalue weighted by molar-refractivity contribution is 5.49. The van der Waals surface area contributed by atoms with Crippen LogP contribution in [0, 0.1) is 5.82 Å². The SMILES string of the molecule is C/C=C/c1ccc(CNCCN)c(F)c1. The van der Waals surface area contributed by atoms with E-state index in [0.29, 0.717) is 25.2 Å². The first kappa shape index (κ1) is 11.9. The van der Waals surface area contributed by atoms with Crippen molar-refractivity contribution in [2.45, 2.75) is 13.5 Å². The molecule has 3 N–H and O–H groups in total. The van der Waals surface area contributed by atoms with Crippen LogP contribution in [0.2, 0.25) is 0 Å². The molecule has 0 atom stereocenters. The Hall–Kier alpha value is -1.19. The quantitative estimate of drug-likeness (QED) is 0.725. The molecular formula is C12H17FN2. The molecule has 3 heteroatoms. The summed E-state index contributed by atoms with van der Waals surface area (Å²) in [6, 6.07) is 5.25. The summed E-state index contributed by atoms with van der Waals surface area (Å²) >= 11 is 0. The largest absolute Gasteiger partial charge is 0.329 e. The Morgan fingerprint density at radius 1 is 1.47 bits per heavy atom. The van der Waals surface area contributed by atoms with E-state index >= 15 is 0 Å². The number of hydrogen-bond donors (Lipinski definition) is 2. The third-order valence-corrected chi connectivity index (χ3v) is 2.07. The Morgan fingerprint density at radius 2 is 2.27 bits per heavy atom. The average molecular weight is 208 g/mol. The number of hydrogen-bond acceptors (Lipinski definition) is 2. The maximum Gasteiger partial charge on any atom is 0.128 e. The number of halogens is 1. The van der Waals surface area contributed by atoms with Crippen molar-refractivity contribution < 1.29 is 4.39 Å². The molecule has 1 aromatic rings. The lowest BCUT2D eigenvalue weighted by Crippen LogP contribution is -2.22. The van der Waals surface area contributed by atoms with Crippen LogP contribution < -0.4 is 11.1 Å². The summed E-state index contributed by atoms with van der Waals surface area (Å²) in [6.45, 7) is 3.71. The van der Waals surface area contributed by atoms with Gasteiger partial charge in [0.1, 0.15) is 5.82 Å². The van der Waals surface area contributed by atoms with Gasteiger partial charge in [-0.3, -0.25) is 0 Å². The Morgan fingerprint density at radius 3 is 2.87 bits per heavy atom. The minimum absolute atomic E-state index is 0.171. The molecule has 0 aliphatic rings. The van der Waals surface area contributed by atoms with E-state index in [0.717, 1.165) is 5.56 Å². The molecule has 0 spiro atoms. The second-order valence-electron chi connectivity index (χ2n) is 3.32. The van der Waals surface area contributed by atoms with Crippen molar-refractivity contribution in [1.82, 2.24) is 5.32 Å². The molecule has 0 amide bonds. The summed E-state index contributed by atoms with van der Waals surface area (Å²) in [5.41, 5.74) is 6.89. The molecule has 1 aromatic carbocycles. The monoisotopic (exact) mass is 208 g/mol. The Kier molecular flexibility index (Phi) is 5.01. The zero-order valence-electron chi connectivity index (χ0n) is 8.96. The van der Waals surface area contributed by atoms with Gasteiger partial charge in [-0.1, -0.05) is 24.3 Å². The lowest BCUT2D eigenvalue weighted by Gasteiger charge is -2.05. The third kappa shape index (κ3) is 3.81. The Bertz CT molecular complexity index is 334. The number of benzene rings is 1. The average Bonchev–Trinajstić information content (AvgIpc) is 2.22. The Labute approximate surface area is 90.0 Å². The summed E-state index contributed by atoms with van der Waals surface area (Å²) in [5.74, 6) is -0.171. The van der Waals surface area contributed by atoms with Gasteiger partial charge in [-0.15, -0.1) is 0 Å². The fraction of sp³-hybridized carbons (Fsp3) is 0.333. The molecule has 82 valence electrons. The molecule has 0 fully saturated rings. The van der Waals surface area contributed by atoms with E-state index in [2.05, 4.69) is 5.32 Å². The lowest BCUT2D eigenvalue weighted by atomic mass is 10.1. The molecule has 2 nitrogen and oxygen atoms in total. The molecule has 0 aliphatic carbocycles. The van der Waals surface area contributed by atoms with Crippen molar-refractivity contribution in [3.63, 3.8) is 0 Å². The van der Waals surface area contributed by atoms with Crippen LogP contribution in [0.15, 0.2) is 24.3 Å². The van der Waals surface area contributed by atoms with Gasteiger partial charge in [-0.2, -0.15) is 0 Å². The van der Waals surface area contributed by atoms with E-state index in [4.69, 9.17) is 5.73 Å². The second kappa shape index (κ2) is 6.32. The van der Waals surface area contributed by atoms with Crippen molar-refractivity contribution in [2.75, 3.05) is 13.1 Å².